The van der Waals surface area contributed by atoms with E-state index in [4.69, 9.17) is 9.97 Å². The lowest BCUT2D eigenvalue weighted by Crippen LogP contribution is -1.98. The third-order valence-electron chi connectivity index (χ3n) is 11.2. The molecule has 12 rings (SSSR count). The summed E-state index contributed by atoms with van der Waals surface area (Å²) in [5, 5.41) is 14.6. The quantitative estimate of drug-likeness (QED) is 0.183. The van der Waals surface area contributed by atoms with E-state index in [1.165, 1.54) is 64.2 Å². The molecule has 0 aliphatic rings. The molecule has 4 heteroatoms. The molecular formula is C50H29N3S. The van der Waals surface area contributed by atoms with Crippen LogP contribution in [0.3, 0.4) is 0 Å². The van der Waals surface area contributed by atoms with Crippen molar-refractivity contribution in [1.29, 1.82) is 0 Å². The summed E-state index contributed by atoms with van der Waals surface area (Å²) in [7, 11) is 0. The molecule has 0 fully saturated rings. The van der Waals surface area contributed by atoms with E-state index >= 15 is 0 Å². The van der Waals surface area contributed by atoms with Crippen molar-refractivity contribution in [3.05, 3.63) is 176 Å². The Morgan fingerprint density at radius 2 is 0.981 bits per heavy atom. The molecule has 250 valence electrons. The van der Waals surface area contributed by atoms with Gasteiger partial charge in [-0.2, -0.15) is 0 Å². The summed E-state index contributed by atoms with van der Waals surface area (Å²) in [6.07, 6.45) is 0. The van der Waals surface area contributed by atoms with Gasteiger partial charge in [0.2, 0.25) is 0 Å². The van der Waals surface area contributed by atoms with Crippen LogP contribution in [-0.2, 0) is 0 Å². The largest absolute Gasteiger partial charge is 0.309 e. The number of fused-ring (bicyclic) bond motifs is 12. The maximum absolute atomic E-state index is 5.47. The van der Waals surface area contributed by atoms with Crippen LogP contribution < -0.4 is 0 Å². The van der Waals surface area contributed by atoms with Gasteiger partial charge in [0.15, 0.2) is 5.82 Å². The van der Waals surface area contributed by atoms with Gasteiger partial charge < -0.3 is 4.57 Å². The summed E-state index contributed by atoms with van der Waals surface area (Å²) in [5.41, 5.74) is 6.60. The molecule has 3 heterocycles. The van der Waals surface area contributed by atoms with Crippen LogP contribution in [0.25, 0.3) is 114 Å². The zero-order valence-electron chi connectivity index (χ0n) is 29.0. The molecule has 0 radical (unpaired) electrons. The summed E-state index contributed by atoms with van der Waals surface area (Å²) in [4.78, 5) is 11.8. The molecule has 0 N–H and O–H groups in total. The van der Waals surface area contributed by atoms with Crippen LogP contribution in [0.5, 0.6) is 0 Å². The Labute approximate surface area is 314 Å². The molecule has 0 amide bonds. The Hall–Kier alpha value is -6.88. The Morgan fingerprint density at radius 3 is 1.70 bits per heavy atom. The fourth-order valence-electron chi connectivity index (χ4n) is 8.77. The van der Waals surface area contributed by atoms with Crippen LogP contribution in [0.1, 0.15) is 0 Å². The Bertz CT molecular complexity index is 3420. The van der Waals surface area contributed by atoms with E-state index in [1.54, 1.807) is 11.3 Å². The summed E-state index contributed by atoms with van der Waals surface area (Å²) >= 11 is 1.74. The van der Waals surface area contributed by atoms with Crippen LogP contribution in [0, 0.1) is 0 Å². The molecule has 0 bridgehead atoms. The fourth-order valence-corrected chi connectivity index (χ4v) is 9.85. The minimum Gasteiger partial charge on any atom is -0.309 e. The summed E-state index contributed by atoms with van der Waals surface area (Å²) in [6.45, 7) is 0. The second-order valence-corrected chi connectivity index (χ2v) is 15.1. The predicted octanol–water partition coefficient (Wildman–Crippen LogP) is 13.9. The first-order valence-electron chi connectivity index (χ1n) is 18.3. The van der Waals surface area contributed by atoms with Gasteiger partial charge in [-0.15, -0.1) is 11.3 Å². The number of nitrogens with zero attached hydrogens (tertiary/aromatic N) is 3. The van der Waals surface area contributed by atoms with Crippen LogP contribution in [-0.4, -0.2) is 14.5 Å². The van der Waals surface area contributed by atoms with Crippen molar-refractivity contribution in [2.45, 2.75) is 0 Å². The molecule has 0 spiro atoms. The summed E-state index contributed by atoms with van der Waals surface area (Å²) in [5.74, 6) is 0.735. The van der Waals surface area contributed by atoms with Crippen LogP contribution in [0.2, 0.25) is 0 Å². The van der Waals surface area contributed by atoms with E-state index in [9.17, 15) is 0 Å². The first-order valence-corrected chi connectivity index (χ1v) is 19.1. The number of benzene rings is 9. The first-order chi connectivity index (χ1) is 26.8. The summed E-state index contributed by atoms with van der Waals surface area (Å²) < 4.78 is 3.68. The SMILES string of the molecule is c1ccc2cc(-c3nc(-c4ccc(-n5c6ccc7ccccc7c6c6c7ccccc7ccc65)c5ccccc45)nc4sc5ccccc5c34)ccc2c1. The summed E-state index contributed by atoms with van der Waals surface area (Å²) in [6, 6.07) is 63.7. The smallest absolute Gasteiger partial charge is 0.162 e. The van der Waals surface area contributed by atoms with Crippen molar-refractivity contribution < 1.29 is 0 Å². The number of aromatic nitrogens is 3. The third-order valence-corrected chi connectivity index (χ3v) is 12.3. The molecule has 9 aromatic carbocycles. The van der Waals surface area contributed by atoms with Crippen molar-refractivity contribution >= 4 is 96.5 Å². The van der Waals surface area contributed by atoms with Gasteiger partial charge in [-0.3, -0.25) is 0 Å². The van der Waals surface area contributed by atoms with Gasteiger partial charge in [-0.25, -0.2) is 9.97 Å². The molecule has 3 aromatic heterocycles. The van der Waals surface area contributed by atoms with E-state index in [-0.39, 0.29) is 0 Å². The molecule has 3 nitrogen and oxygen atoms in total. The van der Waals surface area contributed by atoms with E-state index in [0.717, 1.165) is 49.3 Å². The third kappa shape index (κ3) is 4.23. The zero-order chi connectivity index (χ0) is 35.3. The van der Waals surface area contributed by atoms with Crippen LogP contribution in [0.4, 0.5) is 0 Å². The molecule has 0 atom stereocenters. The van der Waals surface area contributed by atoms with E-state index in [1.807, 2.05) is 0 Å². The van der Waals surface area contributed by atoms with Crippen LogP contribution >= 0.6 is 11.3 Å². The lowest BCUT2D eigenvalue weighted by Gasteiger charge is -2.15. The zero-order valence-corrected chi connectivity index (χ0v) is 29.8. The lowest BCUT2D eigenvalue weighted by atomic mass is 10.00. The number of hydrogen-bond acceptors (Lipinski definition) is 3. The second kappa shape index (κ2) is 11.3. The first kappa shape index (κ1) is 29.7. The predicted molar refractivity (Wildman–Crippen MR) is 230 cm³/mol. The van der Waals surface area contributed by atoms with Crippen molar-refractivity contribution in [1.82, 2.24) is 14.5 Å². The lowest BCUT2D eigenvalue weighted by molar-refractivity contribution is 1.20. The standard InChI is InChI=1S/C50H29N3S/c1-2-14-33-29-34(22-21-30(33)11-1)48-47-40-19-9-10-20-44(40)54-50(47)52-49(51-48)39-25-28-41(38-18-8-7-17-37(38)39)53-42-26-23-31-12-3-5-15-35(31)45(42)46-36-16-6-4-13-32(36)24-27-43(46)53/h1-29H. The highest BCUT2D eigenvalue weighted by Gasteiger charge is 2.22. The minimum atomic E-state index is 0.735. The normalized spacial score (nSPS) is 12.1. The molecular weight excluding hydrogens is 675 g/mol. The molecule has 54 heavy (non-hydrogen) atoms. The fraction of sp³-hybridized carbons (Fsp3) is 0. The van der Waals surface area contributed by atoms with Gasteiger partial charge in [-0.1, -0.05) is 140 Å². The topological polar surface area (TPSA) is 30.7 Å². The van der Waals surface area contributed by atoms with E-state index < -0.39 is 0 Å². The molecule has 0 aliphatic heterocycles. The molecule has 0 aliphatic carbocycles. The van der Waals surface area contributed by atoms with Gasteiger partial charge >= 0.3 is 0 Å². The maximum Gasteiger partial charge on any atom is 0.162 e. The van der Waals surface area contributed by atoms with Crippen LogP contribution in [0.15, 0.2) is 176 Å². The minimum absolute atomic E-state index is 0.735. The number of thiophene rings is 1. The number of hydrogen-bond donors (Lipinski definition) is 0. The maximum atomic E-state index is 5.47. The number of rotatable bonds is 3. The average molecular weight is 704 g/mol. The molecule has 0 saturated heterocycles. The molecule has 0 unspecified atom stereocenters. The van der Waals surface area contributed by atoms with E-state index in [0.29, 0.717) is 0 Å². The van der Waals surface area contributed by atoms with Gasteiger partial charge in [0.25, 0.3) is 0 Å². The Balaban J connectivity index is 1.15. The van der Waals surface area contributed by atoms with Gasteiger partial charge in [0, 0.05) is 42.8 Å². The molecule has 12 aromatic rings. The second-order valence-electron chi connectivity index (χ2n) is 14.1. The van der Waals surface area contributed by atoms with Crippen molar-refractivity contribution in [3.63, 3.8) is 0 Å². The highest BCUT2D eigenvalue weighted by Crippen LogP contribution is 2.44. The van der Waals surface area contributed by atoms with Gasteiger partial charge in [0.1, 0.15) is 4.83 Å². The molecule has 0 saturated carbocycles. The van der Waals surface area contributed by atoms with E-state index in [2.05, 4.69) is 180 Å². The average Bonchev–Trinajstić information content (AvgIpc) is 3.79. The highest BCUT2D eigenvalue weighted by atomic mass is 32.1. The Kier molecular flexibility index (Phi) is 6.21. The Morgan fingerprint density at radius 1 is 0.407 bits per heavy atom. The highest BCUT2D eigenvalue weighted by molar-refractivity contribution is 7.25. The van der Waals surface area contributed by atoms with Crippen molar-refractivity contribution in [3.8, 4) is 28.3 Å². The van der Waals surface area contributed by atoms with Gasteiger partial charge in [0.05, 0.1) is 22.4 Å². The van der Waals surface area contributed by atoms with Crippen molar-refractivity contribution in [2.24, 2.45) is 0 Å². The van der Waals surface area contributed by atoms with Crippen molar-refractivity contribution in [2.75, 3.05) is 0 Å². The monoisotopic (exact) mass is 703 g/mol. The van der Waals surface area contributed by atoms with Gasteiger partial charge in [-0.05, 0) is 74.1 Å².